The SMILES string of the molecule is COc1cc([N+](=O)[O-])c(C=C(C(=O)O)C(=O)O)cc1OCc1ccccc1. The van der Waals surface area contributed by atoms with E-state index in [1.165, 1.54) is 13.2 Å². The molecule has 9 nitrogen and oxygen atoms in total. The monoisotopic (exact) mass is 373 g/mol. The number of aliphatic carboxylic acids is 2. The molecule has 0 aliphatic carbocycles. The maximum Gasteiger partial charge on any atom is 0.343 e. The van der Waals surface area contributed by atoms with E-state index in [1.807, 2.05) is 30.3 Å². The van der Waals surface area contributed by atoms with E-state index in [1.54, 1.807) is 0 Å². The molecular formula is C18H15NO8. The first kappa shape index (κ1) is 19.4. The molecule has 0 atom stereocenters. The molecule has 0 aliphatic heterocycles. The van der Waals surface area contributed by atoms with Crippen LogP contribution < -0.4 is 9.47 Å². The molecule has 0 bridgehead atoms. The third-order valence-corrected chi connectivity index (χ3v) is 3.51. The van der Waals surface area contributed by atoms with Crippen molar-refractivity contribution >= 4 is 23.7 Å². The summed E-state index contributed by atoms with van der Waals surface area (Å²) in [5, 5.41) is 29.3. The highest BCUT2D eigenvalue weighted by molar-refractivity contribution is 6.16. The number of rotatable bonds is 8. The Morgan fingerprint density at radius 3 is 2.26 bits per heavy atom. The van der Waals surface area contributed by atoms with E-state index in [0.29, 0.717) is 6.08 Å². The summed E-state index contributed by atoms with van der Waals surface area (Å²) in [4.78, 5) is 32.7. The minimum absolute atomic E-state index is 0.0574. The Morgan fingerprint density at radius 2 is 1.74 bits per heavy atom. The van der Waals surface area contributed by atoms with Crippen LogP contribution in [0, 0.1) is 10.1 Å². The van der Waals surface area contributed by atoms with Crippen molar-refractivity contribution < 1.29 is 34.2 Å². The molecule has 0 aromatic heterocycles. The van der Waals surface area contributed by atoms with Gasteiger partial charge in [-0.25, -0.2) is 9.59 Å². The molecule has 0 radical (unpaired) electrons. The maximum absolute atomic E-state index is 11.3. The Morgan fingerprint density at radius 1 is 1.11 bits per heavy atom. The average molecular weight is 373 g/mol. The quantitative estimate of drug-likeness (QED) is 0.237. The first-order valence-electron chi connectivity index (χ1n) is 7.55. The summed E-state index contributed by atoms with van der Waals surface area (Å²) in [5.74, 6) is -3.28. The van der Waals surface area contributed by atoms with Gasteiger partial charge in [0.15, 0.2) is 11.5 Å². The van der Waals surface area contributed by atoms with Crippen molar-refractivity contribution in [2.24, 2.45) is 0 Å². The second-order valence-electron chi connectivity index (χ2n) is 5.26. The van der Waals surface area contributed by atoms with E-state index in [-0.39, 0.29) is 23.7 Å². The summed E-state index contributed by atoms with van der Waals surface area (Å²) >= 11 is 0. The van der Waals surface area contributed by atoms with Crippen LogP contribution in [0.5, 0.6) is 11.5 Å². The Kier molecular flexibility index (Phi) is 6.10. The van der Waals surface area contributed by atoms with Gasteiger partial charge in [0.1, 0.15) is 12.2 Å². The van der Waals surface area contributed by atoms with Crippen LogP contribution in [0.2, 0.25) is 0 Å². The zero-order valence-corrected chi connectivity index (χ0v) is 14.1. The third kappa shape index (κ3) is 4.82. The average Bonchev–Trinajstić information content (AvgIpc) is 2.64. The summed E-state index contributed by atoms with van der Waals surface area (Å²) in [6.45, 7) is 0.128. The number of carboxylic acids is 2. The molecule has 2 aromatic rings. The molecule has 0 fully saturated rings. The highest BCUT2D eigenvalue weighted by Gasteiger charge is 2.23. The Bertz CT molecular complexity index is 889. The van der Waals surface area contributed by atoms with Crippen LogP contribution in [0.4, 0.5) is 5.69 Å². The summed E-state index contributed by atoms with van der Waals surface area (Å²) in [6, 6.07) is 11.3. The smallest absolute Gasteiger partial charge is 0.343 e. The fraction of sp³-hybridized carbons (Fsp3) is 0.111. The Balaban J connectivity index is 2.51. The molecule has 2 rings (SSSR count). The molecule has 2 N–H and O–H groups in total. The lowest BCUT2D eigenvalue weighted by atomic mass is 10.1. The third-order valence-electron chi connectivity index (χ3n) is 3.51. The number of carboxylic acid groups (broad SMARTS) is 2. The summed E-state index contributed by atoms with van der Waals surface area (Å²) in [6.07, 6.45) is 0.706. The van der Waals surface area contributed by atoms with Crippen molar-refractivity contribution in [3.63, 3.8) is 0 Å². The summed E-state index contributed by atoms with van der Waals surface area (Å²) in [5.41, 5.74) is -0.938. The number of hydrogen-bond acceptors (Lipinski definition) is 6. The molecule has 0 heterocycles. The number of benzene rings is 2. The number of nitro benzene ring substituents is 1. The van der Waals surface area contributed by atoms with Crippen LogP contribution in [-0.4, -0.2) is 34.2 Å². The largest absolute Gasteiger partial charge is 0.493 e. The van der Waals surface area contributed by atoms with Crippen LogP contribution >= 0.6 is 0 Å². The Hall–Kier alpha value is -3.88. The minimum Gasteiger partial charge on any atom is -0.493 e. The van der Waals surface area contributed by atoms with Gasteiger partial charge in [0.2, 0.25) is 0 Å². The Labute approximate surface area is 153 Å². The van der Waals surface area contributed by atoms with Crippen LogP contribution in [0.25, 0.3) is 6.08 Å². The van der Waals surface area contributed by atoms with E-state index in [2.05, 4.69) is 0 Å². The van der Waals surface area contributed by atoms with E-state index in [0.717, 1.165) is 11.6 Å². The van der Waals surface area contributed by atoms with Gasteiger partial charge in [-0.15, -0.1) is 0 Å². The minimum atomic E-state index is -1.72. The molecule has 140 valence electrons. The fourth-order valence-corrected chi connectivity index (χ4v) is 2.22. The number of nitrogens with zero attached hydrogens (tertiary/aromatic N) is 1. The molecule has 0 saturated carbocycles. The zero-order chi connectivity index (χ0) is 20.0. The van der Waals surface area contributed by atoms with E-state index < -0.39 is 28.1 Å². The molecular weight excluding hydrogens is 358 g/mol. The van der Waals surface area contributed by atoms with Gasteiger partial charge in [-0.3, -0.25) is 10.1 Å². The zero-order valence-electron chi connectivity index (χ0n) is 14.1. The molecule has 0 spiro atoms. The van der Waals surface area contributed by atoms with Gasteiger partial charge in [-0.1, -0.05) is 30.3 Å². The highest BCUT2D eigenvalue weighted by Crippen LogP contribution is 2.36. The second kappa shape index (κ2) is 8.48. The molecule has 2 aromatic carbocycles. The number of carbonyl (C=O) groups is 2. The predicted octanol–water partition coefficient (Wildman–Crippen LogP) is 2.74. The van der Waals surface area contributed by atoms with Gasteiger partial charge < -0.3 is 19.7 Å². The fourth-order valence-electron chi connectivity index (χ4n) is 2.22. The number of methoxy groups -OCH3 is 1. The lowest BCUT2D eigenvalue weighted by Crippen LogP contribution is -2.11. The van der Waals surface area contributed by atoms with Gasteiger partial charge >= 0.3 is 11.9 Å². The van der Waals surface area contributed by atoms with Gasteiger partial charge in [0, 0.05) is 0 Å². The van der Waals surface area contributed by atoms with Crippen molar-refractivity contribution in [1.82, 2.24) is 0 Å². The molecule has 0 amide bonds. The van der Waals surface area contributed by atoms with E-state index in [9.17, 15) is 19.7 Å². The summed E-state index contributed by atoms with van der Waals surface area (Å²) < 4.78 is 10.7. The molecule has 9 heteroatoms. The van der Waals surface area contributed by atoms with Gasteiger partial charge in [-0.2, -0.15) is 0 Å². The predicted molar refractivity (Wildman–Crippen MR) is 93.7 cm³/mol. The highest BCUT2D eigenvalue weighted by atomic mass is 16.6. The lowest BCUT2D eigenvalue weighted by Gasteiger charge is -2.12. The van der Waals surface area contributed by atoms with Crippen LogP contribution in [0.15, 0.2) is 48.0 Å². The molecule has 0 unspecified atom stereocenters. The van der Waals surface area contributed by atoms with Crippen molar-refractivity contribution in [2.45, 2.75) is 6.61 Å². The number of nitro groups is 1. The lowest BCUT2D eigenvalue weighted by molar-refractivity contribution is -0.385. The van der Waals surface area contributed by atoms with Gasteiger partial charge in [-0.05, 0) is 17.7 Å². The van der Waals surface area contributed by atoms with Crippen LogP contribution in [-0.2, 0) is 16.2 Å². The van der Waals surface area contributed by atoms with Gasteiger partial charge in [0.25, 0.3) is 5.69 Å². The molecule has 0 saturated heterocycles. The normalized spacial score (nSPS) is 9.96. The maximum atomic E-state index is 11.3. The first-order valence-corrected chi connectivity index (χ1v) is 7.55. The van der Waals surface area contributed by atoms with E-state index >= 15 is 0 Å². The van der Waals surface area contributed by atoms with Crippen LogP contribution in [0.1, 0.15) is 11.1 Å². The van der Waals surface area contributed by atoms with Crippen LogP contribution in [0.3, 0.4) is 0 Å². The molecule has 27 heavy (non-hydrogen) atoms. The summed E-state index contributed by atoms with van der Waals surface area (Å²) in [7, 11) is 1.30. The van der Waals surface area contributed by atoms with Crippen molar-refractivity contribution in [1.29, 1.82) is 0 Å². The molecule has 0 aliphatic rings. The topological polar surface area (TPSA) is 136 Å². The van der Waals surface area contributed by atoms with Crippen molar-refractivity contribution in [2.75, 3.05) is 7.11 Å². The second-order valence-corrected chi connectivity index (χ2v) is 5.26. The van der Waals surface area contributed by atoms with Crippen molar-refractivity contribution in [3.05, 3.63) is 69.3 Å². The van der Waals surface area contributed by atoms with Gasteiger partial charge in [0.05, 0.1) is 23.7 Å². The standard InChI is InChI=1S/C18H15NO8/c1-26-15-9-14(19(24)25)12(7-13(17(20)21)18(22)23)8-16(15)27-10-11-5-3-2-4-6-11/h2-9H,10H2,1H3,(H,20,21)(H,22,23). The van der Waals surface area contributed by atoms with E-state index in [4.69, 9.17) is 19.7 Å². The first-order chi connectivity index (χ1) is 12.8. The number of hydrogen-bond donors (Lipinski definition) is 2. The van der Waals surface area contributed by atoms with Crippen molar-refractivity contribution in [3.8, 4) is 11.5 Å². The number of ether oxygens (including phenoxy) is 2.